The number of nitrogens with one attached hydrogen (secondary N) is 3. The Morgan fingerprint density at radius 1 is 0.977 bits per heavy atom. The van der Waals surface area contributed by atoms with E-state index in [1.807, 2.05) is 30.3 Å². The molecule has 8 nitrogen and oxygen atoms in total. The lowest BCUT2D eigenvalue weighted by molar-refractivity contribution is -0.136. The molecule has 1 aliphatic rings. The Bertz CT molecular complexity index is 1610. The van der Waals surface area contributed by atoms with Crippen molar-refractivity contribution >= 4 is 41.7 Å². The molecule has 0 spiro atoms. The summed E-state index contributed by atoms with van der Waals surface area (Å²) in [6.45, 7) is 2.35. The molecule has 0 saturated carbocycles. The van der Waals surface area contributed by atoms with Gasteiger partial charge in [-0.1, -0.05) is 35.3 Å². The first kappa shape index (κ1) is 30.0. The molecule has 0 unspecified atom stereocenters. The minimum absolute atomic E-state index is 0.0376. The van der Waals surface area contributed by atoms with E-state index in [4.69, 9.17) is 17.3 Å². The van der Waals surface area contributed by atoms with E-state index in [1.165, 1.54) is 25.0 Å². The molecule has 1 aliphatic heterocycles. The van der Waals surface area contributed by atoms with Gasteiger partial charge < -0.3 is 25.4 Å². The van der Waals surface area contributed by atoms with Crippen LogP contribution in [-0.4, -0.2) is 51.4 Å². The zero-order chi connectivity index (χ0) is 30.2. The van der Waals surface area contributed by atoms with Crippen LogP contribution in [0.3, 0.4) is 0 Å². The number of ether oxygens (including phenoxy) is 2. The summed E-state index contributed by atoms with van der Waals surface area (Å²) in [6.07, 6.45) is 6.42. The summed E-state index contributed by atoms with van der Waals surface area (Å²) in [5, 5.41) is 9.06. The van der Waals surface area contributed by atoms with Crippen molar-refractivity contribution in [2.24, 2.45) is 5.92 Å². The van der Waals surface area contributed by atoms with E-state index in [9.17, 15) is 9.59 Å². The van der Waals surface area contributed by atoms with Gasteiger partial charge >= 0.3 is 11.8 Å². The summed E-state index contributed by atoms with van der Waals surface area (Å²) in [5.41, 5.74) is 3.42. The fourth-order valence-electron chi connectivity index (χ4n) is 5.32. The third-order valence-corrected chi connectivity index (χ3v) is 7.74. The number of carbonyl (C=O) groups is 2. The molecule has 43 heavy (non-hydrogen) atoms. The lowest BCUT2D eigenvalue weighted by Crippen LogP contribution is -2.36. The number of fused-ring (bicyclic) bond motifs is 1. The van der Waals surface area contributed by atoms with Crippen LogP contribution in [0.4, 0.5) is 10.1 Å². The van der Waals surface area contributed by atoms with Gasteiger partial charge in [-0.15, -0.1) is 0 Å². The topological polar surface area (TPSA) is 102 Å². The molecule has 4 aromatic rings. The van der Waals surface area contributed by atoms with Crippen molar-refractivity contribution in [2.75, 3.05) is 32.1 Å². The first-order valence-corrected chi connectivity index (χ1v) is 14.5. The van der Waals surface area contributed by atoms with Gasteiger partial charge in [0, 0.05) is 29.9 Å². The number of nitrogens with zero attached hydrogens (tertiary/aromatic N) is 1. The van der Waals surface area contributed by atoms with Gasteiger partial charge in [-0.25, -0.2) is 4.39 Å². The summed E-state index contributed by atoms with van der Waals surface area (Å²) >= 11 is 0. The van der Waals surface area contributed by atoms with E-state index in [1.54, 1.807) is 25.4 Å². The minimum Gasteiger partial charge on any atom is -0.496 e. The van der Waals surface area contributed by atoms with Gasteiger partial charge in [0.1, 0.15) is 19.3 Å². The number of halogens is 1. The van der Waals surface area contributed by atoms with Gasteiger partial charge in [0.2, 0.25) is 0 Å². The molecule has 2 amide bonds. The number of aryl methyl sites for hydroxylation is 1. The van der Waals surface area contributed by atoms with Crippen molar-refractivity contribution in [3.05, 3.63) is 83.8 Å². The highest BCUT2D eigenvalue weighted by Crippen LogP contribution is 2.35. The Hall–Kier alpha value is -4.44. The molecule has 10 heteroatoms. The van der Waals surface area contributed by atoms with E-state index in [0.717, 1.165) is 54.4 Å². The molecule has 3 N–H and O–H groups in total. The number of piperidine rings is 1. The molecule has 0 aliphatic carbocycles. The highest BCUT2D eigenvalue weighted by Gasteiger charge is 2.18. The van der Waals surface area contributed by atoms with Crippen LogP contribution in [-0.2, 0) is 22.4 Å². The molecule has 5 rings (SSSR count). The molecule has 1 aromatic heterocycles. The summed E-state index contributed by atoms with van der Waals surface area (Å²) in [5.74, 6) is -0.628. The van der Waals surface area contributed by atoms with Gasteiger partial charge in [0.05, 0.1) is 12.6 Å². The third-order valence-electron chi connectivity index (χ3n) is 7.74. The van der Waals surface area contributed by atoms with Crippen molar-refractivity contribution in [3.63, 3.8) is 0 Å². The van der Waals surface area contributed by atoms with Gasteiger partial charge in [-0.05, 0) is 87.0 Å². The maximum absolute atomic E-state index is 15.1. The van der Waals surface area contributed by atoms with Crippen LogP contribution in [0.1, 0.15) is 30.4 Å². The van der Waals surface area contributed by atoms with Gasteiger partial charge in [0.15, 0.2) is 11.6 Å². The maximum Gasteiger partial charge on any atom is 0.313 e. The summed E-state index contributed by atoms with van der Waals surface area (Å²) in [7, 11) is 7.54. The predicted octanol–water partition coefficient (Wildman–Crippen LogP) is 4.20. The number of amides is 2. The molecule has 2 heterocycles. The van der Waals surface area contributed by atoms with E-state index in [-0.39, 0.29) is 18.0 Å². The number of pyridine rings is 1. The number of anilines is 1. The average molecular weight is 580 g/mol. The lowest BCUT2D eigenvalue weighted by atomic mass is 9.89. The van der Waals surface area contributed by atoms with Crippen LogP contribution in [0.15, 0.2) is 66.9 Å². The average Bonchev–Trinajstić information content (AvgIpc) is 3.02. The molecular weight excluding hydrogens is 546 g/mol. The normalized spacial score (nSPS) is 13.4. The van der Waals surface area contributed by atoms with E-state index in [0.29, 0.717) is 28.9 Å². The quantitative estimate of drug-likeness (QED) is 0.192. The molecule has 1 saturated heterocycles. The first-order chi connectivity index (χ1) is 20.9. The minimum atomic E-state index is -0.905. The Labute approximate surface area is 251 Å². The second kappa shape index (κ2) is 14.2. The molecule has 0 bridgehead atoms. The van der Waals surface area contributed by atoms with E-state index in [2.05, 4.69) is 20.9 Å². The molecule has 1 fully saturated rings. The fraction of sp³-hybridized carbons (Fsp3) is 0.303. The largest absolute Gasteiger partial charge is 0.496 e. The molecule has 3 aromatic carbocycles. The number of hydrogen-bond donors (Lipinski definition) is 3. The van der Waals surface area contributed by atoms with Crippen molar-refractivity contribution in [2.45, 2.75) is 32.1 Å². The van der Waals surface area contributed by atoms with Crippen LogP contribution in [0.5, 0.6) is 17.2 Å². The second-order valence-electron chi connectivity index (χ2n) is 10.6. The molecule has 0 atom stereocenters. The van der Waals surface area contributed by atoms with E-state index >= 15 is 4.39 Å². The molecule has 2 radical (unpaired) electrons. The fourth-order valence-corrected chi connectivity index (χ4v) is 5.32. The maximum atomic E-state index is 15.1. The second-order valence-corrected chi connectivity index (χ2v) is 10.6. The number of hydrogen-bond acceptors (Lipinski definition) is 6. The Balaban J connectivity index is 1.22. The van der Waals surface area contributed by atoms with Gasteiger partial charge in [0.25, 0.3) is 0 Å². The lowest BCUT2D eigenvalue weighted by Gasteiger charge is -2.23. The molecular formula is C33H34BFN4O4. The van der Waals surface area contributed by atoms with E-state index < -0.39 is 17.6 Å². The van der Waals surface area contributed by atoms with Crippen LogP contribution in [0.25, 0.3) is 10.9 Å². The van der Waals surface area contributed by atoms with Gasteiger partial charge in [-0.3, -0.25) is 14.6 Å². The zero-order valence-corrected chi connectivity index (χ0v) is 24.1. The zero-order valence-electron chi connectivity index (χ0n) is 24.1. The SMILES string of the molecule is [B]c1ccccc1CCNC(=O)C(=O)Nc1ccc(Oc2ccnc3cc(CCC4CCNCC4)c(OC)cc23)c(F)c1. The monoisotopic (exact) mass is 580 g/mol. The Morgan fingerprint density at radius 3 is 2.56 bits per heavy atom. The number of aromatic nitrogens is 1. The van der Waals surface area contributed by atoms with Crippen LogP contribution >= 0.6 is 0 Å². The van der Waals surface area contributed by atoms with Crippen molar-refractivity contribution in [1.29, 1.82) is 0 Å². The highest BCUT2D eigenvalue weighted by atomic mass is 19.1. The van der Waals surface area contributed by atoms with Crippen molar-refractivity contribution < 1.29 is 23.5 Å². The first-order valence-electron chi connectivity index (χ1n) is 14.5. The predicted molar refractivity (Wildman–Crippen MR) is 166 cm³/mol. The highest BCUT2D eigenvalue weighted by molar-refractivity contribution is 6.39. The third kappa shape index (κ3) is 7.70. The standard InChI is InChI=1S/C33H34BFN4O4/c1-42-31-20-25-28(18-23(31)7-6-21-10-14-36-15-11-21)37-17-13-29(25)43-30-9-8-24(19-27(30)35)39-33(41)32(40)38-16-12-22-4-2-3-5-26(22)34/h2-5,8-9,13,17-21,36H,6-7,10-12,14-16H2,1H3,(H,38,40)(H,39,41). The van der Waals surface area contributed by atoms with Crippen LogP contribution in [0, 0.1) is 11.7 Å². The number of benzene rings is 3. The molecule has 220 valence electrons. The number of rotatable bonds is 10. The Morgan fingerprint density at radius 2 is 1.79 bits per heavy atom. The summed E-state index contributed by atoms with van der Waals surface area (Å²) in [6, 6.07) is 16.8. The van der Waals surface area contributed by atoms with Crippen LogP contribution < -0.4 is 30.9 Å². The van der Waals surface area contributed by atoms with Gasteiger partial charge in [-0.2, -0.15) is 0 Å². The van der Waals surface area contributed by atoms with Crippen LogP contribution in [0.2, 0.25) is 0 Å². The summed E-state index contributed by atoms with van der Waals surface area (Å²) < 4.78 is 26.7. The summed E-state index contributed by atoms with van der Waals surface area (Å²) in [4.78, 5) is 29.1. The smallest absolute Gasteiger partial charge is 0.313 e. The number of carbonyl (C=O) groups excluding carboxylic acids is 2. The van der Waals surface area contributed by atoms with Crippen molar-refractivity contribution in [1.82, 2.24) is 15.6 Å². The number of methoxy groups -OCH3 is 1. The Kier molecular flexibility index (Phi) is 9.89. The van der Waals surface area contributed by atoms with Crippen molar-refractivity contribution in [3.8, 4) is 17.2 Å².